The highest BCUT2D eigenvalue weighted by Gasteiger charge is 2.09. The molecule has 0 amide bonds. The molecule has 1 aliphatic rings. The normalized spacial score (nSPS) is 16.4. The first-order valence-electron chi connectivity index (χ1n) is 5.84. The summed E-state index contributed by atoms with van der Waals surface area (Å²) < 4.78 is 1.17. The minimum atomic E-state index is 0.127. The molecular weight excluding hydrogens is 248 g/mol. The Morgan fingerprint density at radius 3 is 2.29 bits per heavy atom. The summed E-state index contributed by atoms with van der Waals surface area (Å²) in [6.45, 7) is 2.03. The lowest BCUT2D eigenvalue weighted by molar-refractivity contribution is 0.104. The molecule has 0 radical (unpaired) electrons. The Hall–Kier alpha value is -0.670. The van der Waals surface area contributed by atoms with E-state index >= 15 is 0 Å². The summed E-state index contributed by atoms with van der Waals surface area (Å²) in [4.78, 5) is 12.0. The molecule has 2 rings (SSSR count). The molecule has 0 aromatic heterocycles. The standard InChI is InChI=1S/C14H16OS2/c1-11-4-6-12(7-5-11)13(15)10-14-16-8-2-3-9-17-14/h4-7,10H,2-3,8-9H2,1H3. The highest BCUT2D eigenvalue weighted by Crippen LogP contribution is 2.33. The molecule has 0 saturated carbocycles. The molecule has 0 aliphatic carbocycles. The number of carbonyl (C=O) groups is 1. The van der Waals surface area contributed by atoms with E-state index < -0.39 is 0 Å². The molecule has 1 aliphatic heterocycles. The van der Waals surface area contributed by atoms with Crippen LogP contribution in [0.4, 0.5) is 0 Å². The van der Waals surface area contributed by atoms with Gasteiger partial charge in [0.1, 0.15) is 0 Å². The minimum Gasteiger partial charge on any atom is -0.289 e. The van der Waals surface area contributed by atoms with Crippen molar-refractivity contribution >= 4 is 29.3 Å². The topological polar surface area (TPSA) is 17.1 Å². The molecule has 1 fully saturated rings. The summed E-state index contributed by atoms with van der Waals surface area (Å²) in [5.74, 6) is 2.40. The van der Waals surface area contributed by atoms with Crippen LogP contribution in [-0.4, -0.2) is 17.3 Å². The number of ketones is 1. The average molecular weight is 264 g/mol. The molecule has 1 heterocycles. The lowest BCUT2D eigenvalue weighted by Crippen LogP contribution is -1.94. The fraction of sp³-hybridized carbons (Fsp3) is 0.357. The molecule has 0 N–H and O–H groups in total. The van der Waals surface area contributed by atoms with Gasteiger partial charge >= 0.3 is 0 Å². The van der Waals surface area contributed by atoms with Gasteiger partial charge < -0.3 is 0 Å². The van der Waals surface area contributed by atoms with Crippen LogP contribution >= 0.6 is 23.5 Å². The second-order valence-corrected chi connectivity index (χ2v) is 6.63. The van der Waals surface area contributed by atoms with Crippen LogP contribution in [0.2, 0.25) is 0 Å². The van der Waals surface area contributed by atoms with E-state index in [0.29, 0.717) is 0 Å². The smallest absolute Gasteiger partial charge is 0.187 e. The molecule has 1 aromatic carbocycles. The minimum absolute atomic E-state index is 0.127. The van der Waals surface area contributed by atoms with Crippen LogP contribution < -0.4 is 0 Å². The zero-order valence-corrected chi connectivity index (χ0v) is 11.6. The Morgan fingerprint density at radius 1 is 1.12 bits per heavy atom. The van der Waals surface area contributed by atoms with Gasteiger partial charge in [-0.2, -0.15) is 0 Å². The molecular formula is C14H16OS2. The number of hydrogen-bond acceptors (Lipinski definition) is 3. The molecule has 3 heteroatoms. The van der Waals surface area contributed by atoms with Gasteiger partial charge in [-0.05, 0) is 31.3 Å². The number of benzene rings is 1. The second kappa shape index (κ2) is 6.31. The fourth-order valence-corrected chi connectivity index (χ4v) is 3.90. The van der Waals surface area contributed by atoms with E-state index in [4.69, 9.17) is 0 Å². The van der Waals surface area contributed by atoms with Crippen molar-refractivity contribution in [2.75, 3.05) is 11.5 Å². The maximum atomic E-state index is 12.0. The summed E-state index contributed by atoms with van der Waals surface area (Å²) in [5.41, 5.74) is 1.97. The van der Waals surface area contributed by atoms with Crippen LogP contribution in [0.3, 0.4) is 0 Å². The molecule has 0 atom stereocenters. The first kappa shape index (κ1) is 12.8. The Labute approximate surface area is 111 Å². The lowest BCUT2D eigenvalue weighted by Gasteiger charge is -2.01. The van der Waals surface area contributed by atoms with Crippen LogP contribution in [0.15, 0.2) is 34.6 Å². The first-order valence-corrected chi connectivity index (χ1v) is 7.81. The molecule has 1 nitrogen and oxygen atoms in total. The zero-order valence-electron chi connectivity index (χ0n) is 9.94. The van der Waals surface area contributed by atoms with E-state index in [-0.39, 0.29) is 5.78 Å². The Morgan fingerprint density at radius 2 is 1.71 bits per heavy atom. The number of carbonyl (C=O) groups excluding carboxylic acids is 1. The summed E-state index contributed by atoms with van der Waals surface area (Å²) in [7, 11) is 0. The largest absolute Gasteiger partial charge is 0.289 e. The Balaban J connectivity index is 2.09. The zero-order chi connectivity index (χ0) is 12.1. The molecule has 1 saturated heterocycles. The maximum Gasteiger partial charge on any atom is 0.187 e. The number of aryl methyl sites for hydroxylation is 1. The molecule has 90 valence electrons. The van der Waals surface area contributed by atoms with Crippen molar-refractivity contribution in [2.24, 2.45) is 0 Å². The number of hydrogen-bond donors (Lipinski definition) is 0. The van der Waals surface area contributed by atoms with Gasteiger partial charge in [0, 0.05) is 15.9 Å². The van der Waals surface area contributed by atoms with Crippen molar-refractivity contribution in [3.63, 3.8) is 0 Å². The van der Waals surface area contributed by atoms with E-state index in [0.717, 1.165) is 17.1 Å². The number of rotatable bonds is 2. The van der Waals surface area contributed by atoms with Gasteiger partial charge in [-0.1, -0.05) is 29.8 Å². The van der Waals surface area contributed by atoms with Crippen LogP contribution in [0.1, 0.15) is 28.8 Å². The van der Waals surface area contributed by atoms with Gasteiger partial charge in [0.15, 0.2) is 5.78 Å². The number of thioether (sulfide) groups is 2. The summed E-state index contributed by atoms with van der Waals surface area (Å²) in [6.07, 6.45) is 4.31. The maximum absolute atomic E-state index is 12.0. The van der Waals surface area contributed by atoms with Crippen LogP contribution in [0.25, 0.3) is 0 Å². The van der Waals surface area contributed by atoms with E-state index in [1.165, 1.54) is 22.6 Å². The molecule has 0 unspecified atom stereocenters. The van der Waals surface area contributed by atoms with Gasteiger partial charge in [-0.25, -0.2) is 0 Å². The van der Waals surface area contributed by atoms with Crippen LogP contribution in [0.5, 0.6) is 0 Å². The van der Waals surface area contributed by atoms with Crippen molar-refractivity contribution in [1.29, 1.82) is 0 Å². The van der Waals surface area contributed by atoms with Crippen LogP contribution in [-0.2, 0) is 0 Å². The van der Waals surface area contributed by atoms with E-state index in [1.54, 1.807) is 6.08 Å². The van der Waals surface area contributed by atoms with Gasteiger partial charge in [0.05, 0.1) is 0 Å². The van der Waals surface area contributed by atoms with Gasteiger partial charge in [0.2, 0.25) is 0 Å². The third-order valence-corrected chi connectivity index (χ3v) is 5.11. The second-order valence-electron chi connectivity index (χ2n) is 4.10. The molecule has 1 aromatic rings. The van der Waals surface area contributed by atoms with Crippen molar-refractivity contribution in [3.05, 3.63) is 45.7 Å². The molecule has 17 heavy (non-hydrogen) atoms. The summed E-state index contributed by atoms with van der Waals surface area (Å²) >= 11 is 3.63. The first-order chi connectivity index (χ1) is 8.25. The predicted octanol–water partition coefficient (Wildman–Crippen LogP) is 4.28. The van der Waals surface area contributed by atoms with Crippen molar-refractivity contribution in [3.8, 4) is 0 Å². The summed E-state index contributed by atoms with van der Waals surface area (Å²) in [6, 6.07) is 7.78. The fourth-order valence-electron chi connectivity index (χ4n) is 1.58. The Bertz CT molecular complexity index is 410. The van der Waals surface area contributed by atoms with Crippen molar-refractivity contribution < 1.29 is 4.79 Å². The third kappa shape index (κ3) is 3.93. The van der Waals surface area contributed by atoms with E-state index in [1.807, 2.05) is 54.7 Å². The quantitative estimate of drug-likeness (QED) is 0.586. The SMILES string of the molecule is Cc1ccc(C(=O)C=C2SCCCCS2)cc1. The van der Waals surface area contributed by atoms with Gasteiger partial charge in [-0.3, -0.25) is 4.79 Å². The molecule has 0 spiro atoms. The lowest BCUT2D eigenvalue weighted by atomic mass is 10.1. The summed E-state index contributed by atoms with van der Waals surface area (Å²) in [5, 5.41) is 0. The van der Waals surface area contributed by atoms with E-state index in [9.17, 15) is 4.79 Å². The Kier molecular flexibility index (Phi) is 4.75. The monoisotopic (exact) mass is 264 g/mol. The third-order valence-electron chi connectivity index (χ3n) is 2.61. The number of allylic oxidation sites excluding steroid dienone is 1. The van der Waals surface area contributed by atoms with Crippen LogP contribution in [0, 0.1) is 6.92 Å². The highest BCUT2D eigenvalue weighted by atomic mass is 32.2. The van der Waals surface area contributed by atoms with Gasteiger partial charge in [-0.15, -0.1) is 23.5 Å². The van der Waals surface area contributed by atoms with Crippen molar-refractivity contribution in [1.82, 2.24) is 0 Å². The molecule has 0 bridgehead atoms. The predicted molar refractivity (Wildman–Crippen MR) is 77.7 cm³/mol. The van der Waals surface area contributed by atoms with Gasteiger partial charge in [0.25, 0.3) is 0 Å². The van der Waals surface area contributed by atoms with Crippen molar-refractivity contribution in [2.45, 2.75) is 19.8 Å². The average Bonchev–Trinajstić information content (AvgIpc) is 2.58. The highest BCUT2D eigenvalue weighted by molar-refractivity contribution is 8.22. The van der Waals surface area contributed by atoms with E-state index in [2.05, 4.69) is 0 Å².